The molecule has 3 aromatic rings. The zero-order chi connectivity index (χ0) is 25.0. The number of aromatic nitrogens is 2. The van der Waals surface area contributed by atoms with Gasteiger partial charge in [0.2, 0.25) is 0 Å². The van der Waals surface area contributed by atoms with E-state index in [-0.39, 0.29) is 0 Å². The second-order valence-corrected chi connectivity index (χ2v) is 10.6. The molecule has 186 valence electrons. The lowest BCUT2D eigenvalue weighted by atomic mass is 10.1. The summed E-state index contributed by atoms with van der Waals surface area (Å²) >= 11 is 2.97. The van der Waals surface area contributed by atoms with Gasteiger partial charge in [0.15, 0.2) is 4.34 Å². The average molecular weight is 510 g/mol. The van der Waals surface area contributed by atoms with Crippen LogP contribution in [0.15, 0.2) is 61.2 Å². The van der Waals surface area contributed by atoms with Crippen LogP contribution in [0, 0.1) is 13.8 Å². The monoisotopic (exact) mass is 509 g/mol. The minimum Gasteiger partial charge on any atom is -0.375 e. The van der Waals surface area contributed by atoms with Crippen molar-refractivity contribution in [2.75, 3.05) is 24.7 Å². The van der Waals surface area contributed by atoms with E-state index in [2.05, 4.69) is 61.7 Å². The molecule has 1 heterocycles. The molecule has 0 N–H and O–H groups in total. The zero-order valence-electron chi connectivity index (χ0n) is 21.4. The molecule has 0 spiro atoms. The smallest absolute Gasteiger partial charge is 0.252 e. The molecule has 0 atom stereocenters. The van der Waals surface area contributed by atoms with Gasteiger partial charge in [-0.25, -0.2) is 0 Å². The number of unbranched alkanes of at least 4 members (excludes halogenated alkanes) is 5. The van der Waals surface area contributed by atoms with Gasteiger partial charge in [0, 0.05) is 19.3 Å². The Morgan fingerprint density at radius 3 is 2.09 bits per heavy atom. The van der Waals surface area contributed by atoms with Gasteiger partial charge in [-0.2, -0.15) is 10.2 Å². The molecule has 7 nitrogen and oxygen atoms in total. The molecule has 0 saturated heterocycles. The third kappa shape index (κ3) is 8.50. The van der Waals surface area contributed by atoms with Gasteiger partial charge in [0.1, 0.15) is 0 Å². The summed E-state index contributed by atoms with van der Waals surface area (Å²) in [6.07, 6.45) is 9.84. The summed E-state index contributed by atoms with van der Waals surface area (Å²) in [6, 6.07) is 12.2. The maximum absolute atomic E-state index is 4.49. The lowest BCUT2D eigenvalue weighted by Gasteiger charge is -2.19. The normalized spacial score (nSPS) is 11.7. The molecule has 0 aliphatic rings. The maximum atomic E-state index is 4.49. The van der Waals surface area contributed by atoms with E-state index in [0.29, 0.717) is 5.13 Å². The summed E-state index contributed by atoms with van der Waals surface area (Å²) in [5, 5.41) is 26.1. The van der Waals surface area contributed by atoms with Crippen LogP contribution in [0.25, 0.3) is 0 Å². The van der Waals surface area contributed by atoms with E-state index in [1.807, 2.05) is 44.4 Å². The molecule has 0 fully saturated rings. The van der Waals surface area contributed by atoms with E-state index in [1.165, 1.54) is 55.5 Å². The number of nitrogens with zero attached hydrogens (tertiary/aromatic N) is 7. The second-order valence-electron chi connectivity index (χ2n) is 8.59. The molecular formula is C26H35N7S2. The summed E-state index contributed by atoms with van der Waals surface area (Å²) < 4.78 is 0.875. The van der Waals surface area contributed by atoms with Crippen LogP contribution in [0.2, 0.25) is 0 Å². The standard InChI is InChI=1S/C26H35N7S2/c1-6-7-8-9-10-11-16-33(4)22-14-12-21(13-15-22)27-28-23-17-20(3)24(18-19(23)2)29-30-25-31-32-26(34-5)35-25/h12-15,17-18H,6-11,16H2,1-5H3. The van der Waals surface area contributed by atoms with E-state index < -0.39 is 0 Å². The minimum absolute atomic E-state index is 0.552. The van der Waals surface area contributed by atoms with Crippen LogP contribution in [-0.4, -0.2) is 30.0 Å². The first-order chi connectivity index (χ1) is 17.0. The molecule has 1 aromatic heterocycles. The Morgan fingerprint density at radius 2 is 1.46 bits per heavy atom. The molecule has 0 radical (unpaired) electrons. The summed E-state index contributed by atoms with van der Waals surface area (Å²) in [5.41, 5.74) is 5.63. The van der Waals surface area contributed by atoms with Gasteiger partial charge < -0.3 is 4.90 Å². The average Bonchev–Trinajstić information content (AvgIpc) is 3.34. The van der Waals surface area contributed by atoms with Gasteiger partial charge in [0.05, 0.1) is 17.1 Å². The topological polar surface area (TPSA) is 78.5 Å². The number of hydrogen-bond acceptors (Lipinski definition) is 9. The molecule has 0 unspecified atom stereocenters. The van der Waals surface area contributed by atoms with Crippen molar-refractivity contribution in [1.29, 1.82) is 0 Å². The lowest BCUT2D eigenvalue weighted by molar-refractivity contribution is 0.606. The predicted molar refractivity (Wildman–Crippen MR) is 149 cm³/mol. The number of thioether (sulfide) groups is 1. The largest absolute Gasteiger partial charge is 0.375 e. The number of aryl methyl sites for hydroxylation is 2. The Balaban J connectivity index is 1.57. The van der Waals surface area contributed by atoms with Crippen LogP contribution in [0.5, 0.6) is 0 Å². The molecule has 0 aliphatic heterocycles. The highest BCUT2D eigenvalue weighted by molar-refractivity contribution is 8.00. The Kier molecular flexibility index (Phi) is 10.8. The van der Waals surface area contributed by atoms with Gasteiger partial charge in [0.25, 0.3) is 5.13 Å². The van der Waals surface area contributed by atoms with Gasteiger partial charge >= 0.3 is 0 Å². The molecule has 0 aliphatic carbocycles. The third-order valence-corrected chi connectivity index (χ3v) is 7.52. The molecule has 35 heavy (non-hydrogen) atoms. The third-order valence-electron chi connectivity index (χ3n) is 5.74. The fourth-order valence-corrected chi connectivity index (χ4v) is 4.65. The van der Waals surface area contributed by atoms with Gasteiger partial charge in [-0.1, -0.05) is 62.1 Å². The zero-order valence-corrected chi connectivity index (χ0v) is 23.0. The first-order valence-electron chi connectivity index (χ1n) is 12.1. The van der Waals surface area contributed by atoms with E-state index in [4.69, 9.17) is 0 Å². The summed E-state index contributed by atoms with van der Waals surface area (Å²) in [5.74, 6) is 0. The molecule has 2 aromatic carbocycles. The van der Waals surface area contributed by atoms with Crippen molar-refractivity contribution in [3.8, 4) is 0 Å². The van der Waals surface area contributed by atoms with Crippen molar-refractivity contribution in [2.45, 2.75) is 63.6 Å². The summed E-state index contributed by atoms with van der Waals surface area (Å²) in [4.78, 5) is 2.31. The second kappa shape index (κ2) is 14.0. The van der Waals surface area contributed by atoms with Crippen LogP contribution in [0.1, 0.15) is 56.6 Å². The lowest BCUT2D eigenvalue weighted by Crippen LogP contribution is -2.18. The Labute approximate surface area is 217 Å². The fraction of sp³-hybridized carbons (Fsp3) is 0.462. The highest BCUT2D eigenvalue weighted by Crippen LogP contribution is 2.32. The molecular weight excluding hydrogens is 474 g/mol. The number of hydrogen-bond donors (Lipinski definition) is 0. The van der Waals surface area contributed by atoms with Crippen molar-refractivity contribution in [3.05, 3.63) is 47.5 Å². The molecule has 0 saturated carbocycles. The van der Waals surface area contributed by atoms with Gasteiger partial charge in [-0.05, 0) is 74.0 Å². The van der Waals surface area contributed by atoms with E-state index in [1.54, 1.807) is 11.8 Å². The first kappa shape index (κ1) is 26.9. The molecule has 9 heteroatoms. The Bertz CT molecular complexity index is 1120. The molecule has 3 rings (SSSR count). The Hall–Kier alpha value is -2.65. The number of rotatable bonds is 13. The first-order valence-corrected chi connectivity index (χ1v) is 14.2. The summed E-state index contributed by atoms with van der Waals surface area (Å²) in [6.45, 7) is 7.33. The van der Waals surface area contributed by atoms with Crippen LogP contribution in [0.4, 0.5) is 27.9 Å². The number of benzene rings is 2. The maximum Gasteiger partial charge on any atom is 0.252 e. The van der Waals surface area contributed by atoms with Crippen molar-refractivity contribution in [3.63, 3.8) is 0 Å². The van der Waals surface area contributed by atoms with Crippen molar-refractivity contribution < 1.29 is 0 Å². The highest BCUT2D eigenvalue weighted by atomic mass is 32.2. The van der Waals surface area contributed by atoms with E-state index in [9.17, 15) is 0 Å². The quantitative estimate of drug-likeness (QED) is 0.130. The van der Waals surface area contributed by atoms with Crippen molar-refractivity contribution in [2.24, 2.45) is 20.5 Å². The minimum atomic E-state index is 0.552. The van der Waals surface area contributed by atoms with Gasteiger partial charge in [-0.3, -0.25) is 0 Å². The van der Waals surface area contributed by atoms with E-state index >= 15 is 0 Å². The van der Waals surface area contributed by atoms with Crippen LogP contribution >= 0.6 is 23.1 Å². The van der Waals surface area contributed by atoms with E-state index in [0.717, 1.165) is 39.1 Å². The van der Waals surface area contributed by atoms with Crippen LogP contribution in [-0.2, 0) is 0 Å². The summed E-state index contributed by atoms with van der Waals surface area (Å²) in [7, 11) is 2.15. The predicted octanol–water partition coefficient (Wildman–Crippen LogP) is 9.50. The van der Waals surface area contributed by atoms with Crippen LogP contribution in [0.3, 0.4) is 0 Å². The number of azo groups is 2. The fourth-order valence-electron chi connectivity index (χ4n) is 3.57. The van der Waals surface area contributed by atoms with Gasteiger partial charge in [-0.15, -0.1) is 20.4 Å². The van der Waals surface area contributed by atoms with Crippen LogP contribution < -0.4 is 4.90 Å². The van der Waals surface area contributed by atoms with Crippen molar-refractivity contribution >= 4 is 51.0 Å². The van der Waals surface area contributed by atoms with Crippen molar-refractivity contribution in [1.82, 2.24) is 10.2 Å². The molecule has 0 bridgehead atoms. The number of anilines is 1. The molecule has 0 amide bonds. The highest BCUT2D eigenvalue weighted by Gasteiger charge is 2.06. The Morgan fingerprint density at radius 1 is 0.829 bits per heavy atom. The SMILES string of the molecule is CCCCCCCCN(C)c1ccc(N=Nc2cc(C)c(N=Nc3nnc(SC)s3)cc2C)cc1.